The zero-order valence-electron chi connectivity index (χ0n) is 17.9. The third-order valence-corrected chi connectivity index (χ3v) is 5.08. The number of amides is 1. The van der Waals surface area contributed by atoms with Gasteiger partial charge in [-0.3, -0.25) is 4.79 Å². The van der Waals surface area contributed by atoms with E-state index in [1.807, 2.05) is 29.8 Å². The maximum Gasteiger partial charge on any atom is 0.256 e. The minimum atomic E-state index is -0.117. The van der Waals surface area contributed by atoms with E-state index in [9.17, 15) is 4.79 Å². The number of hydrogen-bond acceptors (Lipinski definition) is 3. The van der Waals surface area contributed by atoms with Crippen LogP contribution in [0.2, 0.25) is 0 Å². The van der Waals surface area contributed by atoms with Crippen molar-refractivity contribution in [3.63, 3.8) is 0 Å². The van der Waals surface area contributed by atoms with E-state index in [1.54, 1.807) is 6.20 Å². The number of benzene rings is 1. The first-order chi connectivity index (χ1) is 13.2. The van der Waals surface area contributed by atoms with E-state index in [0.717, 1.165) is 33.5 Å². The number of nitrogens with zero attached hydrogens (tertiary/aromatic N) is 3. The number of para-hydroxylation sites is 1. The molecule has 1 amide bonds. The molecule has 5 nitrogen and oxygen atoms in total. The highest BCUT2D eigenvalue weighted by molar-refractivity contribution is 6.12. The number of anilines is 1. The number of nitrogens with one attached hydrogen (secondary N) is 1. The van der Waals surface area contributed by atoms with Gasteiger partial charge in [0.15, 0.2) is 5.65 Å². The zero-order chi connectivity index (χ0) is 20.6. The SMILES string of the molecule is Cc1cccc(C(C)C)c1NC(=O)c1cc(C(C)C)nc2c1cnn2C(C)C. The van der Waals surface area contributed by atoms with Crippen LogP contribution >= 0.6 is 0 Å². The number of carbonyl (C=O) groups excluding carboxylic acids is 1. The molecule has 1 aromatic carbocycles. The van der Waals surface area contributed by atoms with Crippen molar-refractivity contribution < 1.29 is 4.79 Å². The first kappa shape index (κ1) is 20.1. The van der Waals surface area contributed by atoms with E-state index in [0.29, 0.717) is 11.5 Å². The van der Waals surface area contributed by atoms with Gasteiger partial charge in [-0.05, 0) is 49.8 Å². The number of aromatic nitrogens is 3. The van der Waals surface area contributed by atoms with Gasteiger partial charge in [-0.2, -0.15) is 5.10 Å². The molecule has 0 saturated heterocycles. The van der Waals surface area contributed by atoms with E-state index >= 15 is 0 Å². The molecule has 0 aliphatic heterocycles. The summed E-state index contributed by atoms with van der Waals surface area (Å²) >= 11 is 0. The molecule has 2 aromatic heterocycles. The predicted octanol–water partition coefficient (Wildman–Crippen LogP) is 5.82. The molecule has 0 bridgehead atoms. The van der Waals surface area contributed by atoms with E-state index in [4.69, 9.17) is 4.98 Å². The average Bonchev–Trinajstić information content (AvgIpc) is 3.06. The molecule has 3 rings (SSSR count). The second kappa shape index (κ2) is 7.74. The standard InChI is InChI=1S/C23H30N4O/c1-13(2)17-10-8-9-16(7)21(17)26-23(28)18-11-20(14(3)4)25-22-19(18)12-24-27(22)15(5)6/h8-15H,1-7H3,(H,26,28). The normalized spacial score (nSPS) is 11.8. The predicted molar refractivity (Wildman–Crippen MR) is 115 cm³/mol. The highest BCUT2D eigenvalue weighted by Gasteiger charge is 2.20. The highest BCUT2D eigenvalue weighted by Crippen LogP contribution is 2.30. The first-order valence-electron chi connectivity index (χ1n) is 9.99. The topological polar surface area (TPSA) is 59.8 Å². The summed E-state index contributed by atoms with van der Waals surface area (Å²) < 4.78 is 1.88. The lowest BCUT2D eigenvalue weighted by Gasteiger charge is -2.17. The lowest BCUT2D eigenvalue weighted by atomic mass is 9.97. The Bertz CT molecular complexity index is 1010. The maximum atomic E-state index is 13.3. The van der Waals surface area contributed by atoms with Crippen LogP contribution in [-0.4, -0.2) is 20.7 Å². The van der Waals surface area contributed by atoms with Crippen LogP contribution in [0.1, 0.15) is 86.6 Å². The quantitative estimate of drug-likeness (QED) is 0.608. The summed E-state index contributed by atoms with van der Waals surface area (Å²) in [5, 5.41) is 8.44. The minimum Gasteiger partial charge on any atom is -0.321 e. The van der Waals surface area contributed by atoms with Gasteiger partial charge in [0.1, 0.15) is 0 Å². The number of fused-ring (bicyclic) bond motifs is 1. The van der Waals surface area contributed by atoms with Gasteiger partial charge < -0.3 is 5.32 Å². The van der Waals surface area contributed by atoms with Crippen LogP contribution in [-0.2, 0) is 0 Å². The van der Waals surface area contributed by atoms with E-state index in [1.165, 1.54) is 0 Å². The van der Waals surface area contributed by atoms with Gasteiger partial charge in [0.2, 0.25) is 0 Å². The number of aryl methyl sites for hydroxylation is 1. The summed E-state index contributed by atoms with van der Waals surface area (Å²) in [6, 6.07) is 8.22. The Morgan fingerprint density at radius 3 is 2.39 bits per heavy atom. The second-order valence-electron chi connectivity index (χ2n) is 8.32. The zero-order valence-corrected chi connectivity index (χ0v) is 17.9. The summed E-state index contributed by atoms with van der Waals surface area (Å²) in [5.74, 6) is 0.424. The van der Waals surface area contributed by atoms with Crippen molar-refractivity contribution in [3.8, 4) is 0 Å². The molecule has 0 aliphatic rings. The Morgan fingerprint density at radius 2 is 1.79 bits per heavy atom. The molecular weight excluding hydrogens is 348 g/mol. The Hall–Kier alpha value is -2.69. The molecular formula is C23H30N4O. The molecule has 28 heavy (non-hydrogen) atoms. The monoisotopic (exact) mass is 378 g/mol. The van der Waals surface area contributed by atoms with Crippen molar-refractivity contribution in [2.24, 2.45) is 0 Å². The van der Waals surface area contributed by atoms with Crippen LogP contribution in [0, 0.1) is 6.92 Å². The fraction of sp³-hybridized carbons (Fsp3) is 0.435. The van der Waals surface area contributed by atoms with E-state index < -0.39 is 0 Å². The van der Waals surface area contributed by atoms with Gasteiger partial charge in [-0.1, -0.05) is 45.9 Å². The summed E-state index contributed by atoms with van der Waals surface area (Å²) in [6.07, 6.45) is 1.75. The van der Waals surface area contributed by atoms with Crippen molar-refractivity contribution in [2.45, 2.75) is 66.3 Å². The summed E-state index contributed by atoms with van der Waals surface area (Å²) in [7, 11) is 0. The van der Waals surface area contributed by atoms with Crippen molar-refractivity contribution in [1.82, 2.24) is 14.8 Å². The minimum absolute atomic E-state index is 0.117. The van der Waals surface area contributed by atoms with E-state index in [-0.39, 0.29) is 17.9 Å². The van der Waals surface area contributed by atoms with Crippen molar-refractivity contribution in [2.75, 3.05) is 5.32 Å². The lowest BCUT2D eigenvalue weighted by molar-refractivity contribution is 0.102. The third-order valence-electron chi connectivity index (χ3n) is 5.08. The molecule has 0 spiro atoms. The van der Waals surface area contributed by atoms with Gasteiger partial charge in [0.25, 0.3) is 5.91 Å². The first-order valence-corrected chi connectivity index (χ1v) is 9.99. The van der Waals surface area contributed by atoms with Crippen LogP contribution in [0.25, 0.3) is 11.0 Å². The fourth-order valence-corrected chi connectivity index (χ4v) is 3.42. The molecule has 0 atom stereocenters. The Labute approximate surface area is 167 Å². The molecule has 0 aliphatic carbocycles. The smallest absolute Gasteiger partial charge is 0.256 e. The maximum absolute atomic E-state index is 13.3. The van der Waals surface area contributed by atoms with Crippen molar-refractivity contribution in [3.05, 3.63) is 52.8 Å². The van der Waals surface area contributed by atoms with Gasteiger partial charge >= 0.3 is 0 Å². The van der Waals surface area contributed by atoms with Gasteiger partial charge in [-0.15, -0.1) is 0 Å². The van der Waals surface area contributed by atoms with Gasteiger partial charge in [-0.25, -0.2) is 9.67 Å². The number of rotatable bonds is 5. The molecule has 3 aromatic rings. The Kier molecular flexibility index (Phi) is 5.54. The molecule has 5 heteroatoms. The van der Waals surface area contributed by atoms with Gasteiger partial charge in [0.05, 0.1) is 17.1 Å². The van der Waals surface area contributed by atoms with Crippen LogP contribution in [0.3, 0.4) is 0 Å². The highest BCUT2D eigenvalue weighted by atomic mass is 16.1. The second-order valence-corrected chi connectivity index (χ2v) is 8.32. The lowest BCUT2D eigenvalue weighted by Crippen LogP contribution is -2.16. The summed E-state index contributed by atoms with van der Waals surface area (Å²) in [6.45, 7) is 14.6. The number of hydrogen-bond donors (Lipinski definition) is 1. The van der Waals surface area contributed by atoms with E-state index in [2.05, 4.69) is 58.0 Å². The third kappa shape index (κ3) is 3.66. The molecule has 1 N–H and O–H groups in total. The molecule has 0 fully saturated rings. The molecule has 0 radical (unpaired) electrons. The largest absolute Gasteiger partial charge is 0.321 e. The van der Waals surface area contributed by atoms with Crippen molar-refractivity contribution in [1.29, 1.82) is 0 Å². The fourth-order valence-electron chi connectivity index (χ4n) is 3.42. The molecule has 0 saturated carbocycles. The number of pyridine rings is 1. The molecule has 2 heterocycles. The van der Waals surface area contributed by atoms with Crippen LogP contribution in [0.15, 0.2) is 30.5 Å². The molecule has 0 unspecified atom stereocenters. The summed E-state index contributed by atoms with van der Waals surface area (Å²) in [4.78, 5) is 18.1. The van der Waals surface area contributed by atoms with Crippen molar-refractivity contribution >= 4 is 22.6 Å². The average molecular weight is 379 g/mol. The van der Waals surface area contributed by atoms with Gasteiger partial charge in [0, 0.05) is 17.4 Å². The Balaban J connectivity index is 2.12. The Morgan fingerprint density at radius 1 is 1.07 bits per heavy atom. The summed E-state index contributed by atoms with van der Waals surface area (Å²) in [5.41, 5.74) is 5.38. The van der Waals surface area contributed by atoms with Crippen LogP contribution < -0.4 is 5.32 Å². The van der Waals surface area contributed by atoms with Crippen LogP contribution in [0.5, 0.6) is 0 Å². The number of carbonyl (C=O) groups is 1. The molecule has 148 valence electrons. The van der Waals surface area contributed by atoms with Crippen LogP contribution in [0.4, 0.5) is 5.69 Å².